The number of nitrogens with one attached hydrogen (secondary N) is 1. The van der Waals surface area contributed by atoms with Crippen LogP contribution >= 0.6 is 0 Å². The second-order valence-electron chi connectivity index (χ2n) is 6.01. The zero-order valence-electron chi connectivity index (χ0n) is 14.4. The molecule has 1 heterocycles. The van der Waals surface area contributed by atoms with Gasteiger partial charge < -0.3 is 9.30 Å². The Balaban J connectivity index is 1.75. The normalized spacial score (nSPS) is 10.7. The Kier molecular flexibility index (Phi) is 5.34. The van der Waals surface area contributed by atoms with E-state index >= 15 is 0 Å². The molecule has 3 rings (SSSR count). The molecule has 26 heavy (non-hydrogen) atoms. The van der Waals surface area contributed by atoms with Crippen molar-refractivity contribution in [1.82, 2.24) is 10.0 Å². The molecule has 0 radical (unpaired) electrons. The molecule has 0 spiro atoms. The zero-order valence-corrected chi connectivity index (χ0v) is 14.4. The number of fused-ring (bicyclic) bond motifs is 1. The highest BCUT2D eigenvalue weighted by Gasteiger charge is 2.08. The molecule has 0 bridgehead atoms. The second-order valence-corrected chi connectivity index (χ2v) is 6.01. The summed E-state index contributed by atoms with van der Waals surface area (Å²) >= 11 is 0. The summed E-state index contributed by atoms with van der Waals surface area (Å²) in [7, 11) is 1.64. The predicted octanol–water partition coefficient (Wildman–Crippen LogP) is 2.76. The van der Waals surface area contributed by atoms with Gasteiger partial charge in [0.2, 0.25) is 0 Å². The number of carbonyl (C=O) groups is 1. The van der Waals surface area contributed by atoms with E-state index in [0.717, 1.165) is 24.0 Å². The van der Waals surface area contributed by atoms with Gasteiger partial charge in [0.25, 0.3) is 11.5 Å². The number of aromatic nitrogens is 1. The molecule has 3 aromatic rings. The van der Waals surface area contributed by atoms with Gasteiger partial charge in [-0.1, -0.05) is 18.2 Å². The number of hydroxylamine groups is 1. The molecule has 2 aromatic carbocycles. The van der Waals surface area contributed by atoms with Gasteiger partial charge in [-0.05, 0) is 54.1 Å². The molecule has 0 aliphatic carbocycles. The summed E-state index contributed by atoms with van der Waals surface area (Å²) in [4.78, 5) is 24.2. The van der Waals surface area contributed by atoms with Crippen LogP contribution in [-0.2, 0) is 13.0 Å². The van der Waals surface area contributed by atoms with Crippen molar-refractivity contribution in [3.8, 4) is 5.75 Å². The molecule has 1 amide bonds. The van der Waals surface area contributed by atoms with Crippen LogP contribution in [-0.4, -0.2) is 22.8 Å². The SMILES string of the molecule is COc1ccc(CCCn2ccc3ccc(C(=O)NO)cc3c2=O)cc1. The maximum atomic E-state index is 12.7. The first kappa shape index (κ1) is 17.7. The summed E-state index contributed by atoms with van der Waals surface area (Å²) in [6.45, 7) is 0.581. The molecular weight excluding hydrogens is 332 g/mol. The smallest absolute Gasteiger partial charge is 0.274 e. The third-order valence-corrected chi connectivity index (χ3v) is 4.37. The molecule has 0 atom stereocenters. The first-order valence-corrected chi connectivity index (χ1v) is 8.33. The average molecular weight is 352 g/mol. The Morgan fingerprint density at radius 2 is 1.92 bits per heavy atom. The summed E-state index contributed by atoms with van der Waals surface area (Å²) in [6, 6.07) is 14.5. The van der Waals surface area contributed by atoms with Crippen LogP contribution in [0, 0.1) is 0 Å². The van der Waals surface area contributed by atoms with Gasteiger partial charge in [-0.25, -0.2) is 5.48 Å². The Morgan fingerprint density at radius 1 is 1.15 bits per heavy atom. The maximum absolute atomic E-state index is 12.7. The molecule has 0 saturated carbocycles. The van der Waals surface area contributed by atoms with Crippen LogP contribution in [0.3, 0.4) is 0 Å². The fraction of sp³-hybridized carbons (Fsp3) is 0.200. The van der Waals surface area contributed by atoms with Crippen molar-refractivity contribution < 1.29 is 14.7 Å². The Labute approximate surface area is 150 Å². The summed E-state index contributed by atoms with van der Waals surface area (Å²) in [5, 5.41) is 9.97. The predicted molar refractivity (Wildman–Crippen MR) is 98.8 cm³/mol. The van der Waals surface area contributed by atoms with E-state index in [4.69, 9.17) is 9.94 Å². The minimum atomic E-state index is -0.638. The lowest BCUT2D eigenvalue weighted by molar-refractivity contribution is 0.0706. The number of pyridine rings is 1. The van der Waals surface area contributed by atoms with Gasteiger partial charge in [0.1, 0.15) is 5.75 Å². The third-order valence-electron chi connectivity index (χ3n) is 4.37. The first-order chi connectivity index (χ1) is 12.6. The number of nitrogens with zero attached hydrogens (tertiary/aromatic N) is 1. The number of hydrogen-bond acceptors (Lipinski definition) is 4. The largest absolute Gasteiger partial charge is 0.497 e. The number of benzene rings is 2. The molecule has 2 N–H and O–H groups in total. The van der Waals surface area contributed by atoms with Gasteiger partial charge in [0, 0.05) is 23.7 Å². The molecule has 0 aliphatic rings. The van der Waals surface area contributed by atoms with Crippen LogP contribution in [0.4, 0.5) is 0 Å². The van der Waals surface area contributed by atoms with Crippen molar-refractivity contribution in [1.29, 1.82) is 0 Å². The lowest BCUT2D eigenvalue weighted by Crippen LogP contribution is -2.22. The molecule has 6 nitrogen and oxygen atoms in total. The number of rotatable bonds is 6. The molecule has 0 aliphatic heterocycles. The minimum Gasteiger partial charge on any atom is -0.497 e. The molecule has 134 valence electrons. The van der Waals surface area contributed by atoms with Crippen molar-refractivity contribution in [2.45, 2.75) is 19.4 Å². The average Bonchev–Trinajstić information content (AvgIpc) is 2.69. The van der Waals surface area contributed by atoms with Gasteiger partial charge in [-0.15, -0.1) is 0 Å². The highest BCUT2D eigenvalue weighted by Crippen LogP contribution is 2.14. The van der Waals surface area contributed by atoms with Crippen LogP contribution in [0.15, 0.2) is 59.5 Å². The zero-order chi connectivity index (χ0) is 18.5. The molecule has 0 fully saturated rings. The lowest BCUT2D eigenvalue weighted by atomic mass is 10.1. The quantitative estimate of drug-likeness (QED) is 0.528. The number of ether oxygens (including phenoxy) is 1. The number of aryl methyl sites for hydroxylation is 2. The van der Waals surface area contributed by atoms with Crippen LogP contribution in [0.2, 0.25) is 0 Å². The summed E-state index contributed by atoms with van der Waals surface area (Å²) in [5.74, 6) is 0.184. The minimum absolute atomic E-state index is 0.148. The van der Waals surface area contributed by atoms with Crippen molar-refractivity contribution in [2.75, 3.05) is 7.11 Å². The fourth-order valence-corrected chi connectivity index (χ4v) is 2.91. The standard InChI is InChI=1S/C20H20N2O4/c1-26-17-8-4-14(5-9-17)3-2-11-22-12-10-15-6-7-16(19(23)21-25)13-18(15)20(22)24/h4-10,12-13,25H,2-3,11H2,1H3,(H,21,23). The molecule has 1 aromatic heterocycles. The summed E-state index contributed by atoms with van der Waals surface area (Å²) in [5.41, 5.74) is 2.86. The second kappa shape index (κ2) is 7.84. The van der Waals surface area contributed by atoms with Crippen LogP contribution < -0.4 is 15.8 Å². The van der Waals surface area contributed by atoms with Crippen LogP contribution in [0.1, 0.15) is 22.3 Å². The van der Waals surface area contributed by atoms with E-state index in [2.05, 4.69) is 0 Å². The van der Waals surface area contributed by atoms with Crippen molar-refractivity contribution in [2.24, 2.45) is 0 Å². The number of carbonyl (C=O) groups excluding carboxylic acids is 1. The van der Waals surface area contributed by atoms with Gasteiger partial charge in [-0.2, -0.15) is 0 Å². The van der Waals surface area contributed by atoms with Crippen molar-refractivity contribution in [3.63, 3.8) is 0 Å². The van der Waals surface area contributed by atoms with Gasteiger partial charge in [0.15, 0.2) is 0 Å². The lowest BCUT2D eigenvalue weighted by Gasteiger charge is -2.09. The van der Waals surface area contributed by atoms with Gasteiger partial charge >= 0.3 is 0 Å². The van der Waals surface area contributed by atoms with Crippen LogP contribution in [0.25, 0.3) is 10.8 Å². The Bertz CT molecular complexity index is 977. The van der Waals surface area contributed by atoms with E-state index in [1.165, 1.54) is 11.6 Å². The van der Waals surface area contributed by atoms with Crippen LogP contribution in [0.5, 0.6) is 5.75 Å². The van der Waals surface area contributed by atoms with E-state index < -0.39 is 5.91 Å². The Hall–Kier alpha value is -3.12. The number of methoxy groups -OCH3 is 1. The number of hydrogen-bond donors (Lipinski definition) is 2. The highest BCUT2D eigenvalue weighted by atomic mass is 16.5. The van der Waals surface area contributed by atoms with Crippen molar-refractivity contribution >= 4 is 16.7 Å². The monoisotopic (exact) mass is 352 g/mol. The van der Waals surface area contributed by atoms with Gasteiger partial charge in [-0.3, -0.25) is 14.8 Å². The summed E-state index contributed by atoms with van der Waals surface area (Å²) in [6.07, 6.45) is 3.43. The topological polar surface area (TPSA) is 80.6 Å². The van der Waals surface area contributed by atoms with E-state index in [1.807, 2.05) is 30.3 Å². The fourth-order valence-electron chi connectivity index (χ4n) is 2.91. The third kappa shape index (κ3) is 3.75. The molecule has 6 heteroatoms. The molecular formula is C20H20N2O4. The van der Waals surface area contributed by atoms with Crippen molar-refractivity contribution in [3.05, 3.63) is 76.2 Å². The molecule has 0 unspecified atom stereocenters. The number of amides is 1. The summed E-state index contributed by atoms with van der Waals surface area (Å²) < 4.78 is 6.79. The first-order valence-electron chi connectivity index (χ1n) is 8.33. The highest BCUT2D eigenvalue weighted by molar-refractivity contribution is 5.97. The Morgan fingerprint density at radius 3 is 2.62 bits per heavy atom. The maximum Gasteiger partial charge on any atom is 0.274 e. The van der Waals surface area contributed by atoms with E-state index in [1.54, 1.807) is 35.5 Å². The van der Waals surface area contributed by atoms with E-state index in [0.29, 0.717) is 11.9 Å². The van der Waals surface area contributed by atoms with Gasteiger partial charge in [0.05, 0.1) is 7.11 Å². The molecule has 0 saturated heterocycles. The van der Waals surface area contributed by atoms with E-state index in [-0.39, 0.29) is 11.1 Å². The van der Waals surface area contributed by atoms with E-state index in [9.17, 15) is 9.59 Å².